The number of urea groups is 1. The molecule has 2 aromatic rings. The fraction of sp³-hybridized carbons (Fsp3) is 0.133. The summed E-state index contributed by atoms with van der Waals surface area (Å²) in [6.45, 7) is -0.108. The van der Waals surface area contributed by atoms with Crippen molar-refractivity contribution >= 4 is 27.4 Å². The molecule has 1 heterocycles. The molecule has 1 aliphatic heterocycles. The fourth-order valence-electron chi connectivity index (χ4n) is 2.57. The van der Waals surface area contributed by atoms with Gasteiger partial charge in [0.1, 0.15) is 5.69 Å². The molecule has 2 amide bonds. The maximum atomic E-state index is 12.7. The van der Waals surface area contributed by atoms with Crippen molar-refractivity contribution < 1.29 is 18.1 Å². The van der Waals surface area contributed by atoms with Gasteiger partial charge in [-0.3, -0.25) is 10.1 Å². The molecule has 0 aromatic heterocycles. The van der Waals surface area contributed by atoms with E-state index in [9.17, 15) is 23.3 Å². The van der Waals surface area contributed by atoms with Crippen LogP contribution in [0.4, 0.5) is 16.2 Å². The molecule has 130 valence electrons. The first-order valence-corrected chi connectivity index (χ1v) is 8.67. The van der Waals surface area contributed by atoms with Crippen LogP contribution >= 0.6 is 0 Å². The third kappa shape index (κ3) is 2.98. The van der Waals surface area contributed by atoms with Crippen molar-refractivity contribution in [2.75, 3.05) is 12.3 Å². The number of amides is 2. The molecule has 0 spiro atoms. The van der Waals surface area contributed by atoms with Gasteiger partial charge in [0.05, 0.1) is 22.4 Å². The Bertz CT molecular complexity index is 946. The molecule has 0 aliphatic carbocycles. The molecule has 0 saturated carbocycles. The molecule has 9 nitrogen and oxygen atoms in total. The fourth-order valence-corrected chi connectivity index (χ4v) is 3.94. The Balaban J connectivity index is 1.94. The van der Waals surface area contributed by atoms with E-state index in [0.717, 1.165) is 23.8 Å². The molecule has 0 bridgehead atoms. The Morgan fingerprint density at radius 3 is 2.52 bits per heavy atom. The first kappa shape index (κ1) is 16.7. The van der Waals surface area contributed by atoms with Crippen LogP contribution in [0.25, 0.3) is 0 Å². The number of nitrogens with zero attached hydrogens (tertiary/aromatic N) is 2. The largest absolute Gasteiger partial charge is 0.393 e. The number of sulfonamides is 1. The van der Waals surface area contributed by atoms with Crippen LogP contribution in [0.3, 0.4) is 0 Å². The van der Waals surface area contributed by atoms with Gasteiger partial charge in [0.15, 0.2) is 0 Å². The third-order valence-corrected chi connectivity index (χ3v) is 5.61. The topological polar surface area (TPSA) is 136 Å². The Labute approximate surface area is 143 Å². The highest BCUT2D eigenvalue weighted by Crippen LogP contribution is 2.30. The zero-order valence-electron chi connectivity index (χ0n) is 12.8. The summed E-state index contributed by atoms with van der Waals surface area (Å²) < 4.78 is 26.1. The van der Waals surface area contributed by atoms with Gasteiger partial charge in [-0.15, -0.1) is 0 Å². The number of rotatable bonds is 4. The molecule has 1 aliphatic rings. The summed E-state index contributed by atoms with van der Waals surface area (Å²) in [5, 5.41) is 13.6. The Kier molecular flexibility index (Phi) is 4.05. The molecule has 10 heteroatoms. The number of carbonyl (C=O) groups excluding carboxylic acids is 1. The summed E-state index contributed by atoms with van der Waals surface area (Å²) >= 11 is 0. The van der Waals surface area contributed by atoms with Crippen molar-refractivity contribution in [3.05, 3.63) is 64.2 Å². The van der Waals surface area contributed by atoms with Crippen LogP contribution < -0.4 is 11.1 Å². The van der Waals surface area contributed by atoms with Crippen LogP contribution in [0, 0.1) is 10.1 Å². The Morgan fingerprint density at radius 1 is 1.20 bits per heavy atom. The van der Waals surface area contributed by atoms with E-state index in [-0.39, 0.29) is 17.1 Å². The highest BCUT2D eigenvalue weighted by molar-refractivity contribution is 7.89. The van der Waals surface area contributed by atoms with E-state index in [4.69, 9.17) is 5.73 Å². The monoisotopic (exact) mass is 362 g/mol. The summed E-state index contributed by atoms with van der Waals surface area (Å²) in [6, 6.07) is 10.8. The number of nitrogens with one attached hydrogen (secondary N) is 1. The third-order valence-electron chi connectivity index (χ3n) is 3.86. The number of nitrogen functional groups attached to an aromatic ring is 1. The van der Waals surface area contributed by atoms with E-state index < -0.39 is 32.7 Å². The van der Waals surface area contributed by atoms with E-state index >= 15 is 0 Å². The first-order valence-electron chi connectivity index (χ1n) is 7.23. The van der Waals surface area contributed by atoms with Gasteiger partial charge in [0.25, 0.3) is 15.7 Å². The van der Waals surface area contributed by atoms with Crippen LogP contribution in [0.15, 0.2) is 53.4 Å². The molecule has 25 heavy (non-hydrogen) atoms. The molecule has 3 rings (SSSR count). The molecular formula is C15H14N4O5S. The number of carbonyl (C=O) groups is 1. The van der Waals surface area contributed by atoms with Gasteiger partial charge < -0.3 is 11.1 Å². The van der Waals surface area contributed by atoms with Crippen molar-refractivity contribution in [1.82, 2.24) is 9.62 Å². The maximum absolute atomic E-state index is 12.7. The van der Waals surface area contributed by atoms with Crippen LogP contribution in [0.1, 0.15) is 11.6 Å². The van der Waals surface area contributed by atoms with Crippen LogP contribution in [-0.4, -0.2) is 30.2 Å². The summed E-state index contributed by atoms with van der Waals surface area (Å²) in [4.78, 5) is 22.0. The zero-order valence-corrected chi connectivity index (χ0v) is 13.6. The zero-order chi connectivity index (χ0) is 18.2. The van der Waals surface area contributed by atoms with E-state index in [0.29, 0.717) is 4.31 Å². The second-order valence-electron chi connectivity index (χ2n) is 5.43. The quantitative estimate of drug-likeness (QED) is 0.482. The molecule has 0 unspecified atom stereocenters. The Morgan fingerprint density at radius 2 is 1.88 bits per heavy atom. The van der Waals surface area contributed by atoms with Gasteiger partial charge in [-0.25, -0.2) is 17.5 Å². The molecule has 2 aromatic carbocycles. The lowest BCUT2D eigenvalue weighted by Gasteiger charge is -2.15. The minimum atomic E-state index is -4.24. The number of hydrogen-bond donors (Lipinski definition) is 2. The highest BCUT2D eigenvalue weighted by Gasteiger charge is 2.39. The minimum absolute atomic E-state index is 0.108. The van der Waals surface area contributed by atoms with E-state index in [1.807, 2.05) is 6.07 Å². The minimum Gasteiger partial charge on any atom is -0.393 e. The predicted octanol–water partition coefficient (Wildman–Crippen LogP) is 1.63. The van der Waals surface area contributed by atoms with Crippen LogP contribution in [0.2, 0.25) is 0 Å². The molecule has 1 fully saturated rings. The van der Waals surface area contributed by atoms with Gasteiger partial charge in [0.2, 0.25) is 0 Å². The summed E-state index contributed by atoms with van der Waals surface area (Å²) in [5.41, 5.74) is 5.56. The van der Waals surface area contributed by atoms with Crippen molar-refractivity contribution in [1.29, 1.82) is 0 Å². The Hall–Kier alpha value is -3.14. The summed E-state index contributed by atoms with van der Waals surface area (Å²) in [6.07, 6.45) is 0. The molecule has 0 radical (unpaired) electrons. The van der Waals surface area contributed by atoms with Crippen LogP contribution in [0.5, 0.6) is 0 Å². The number of nitro benzene ring substituents is 1. The summed E-state index contributed by atoms with van der Waals surface area (Å²) in [5.74, 6) is 0. The highest BCUT2D eigenvalue weighted by atomic mass is 32.2. The maximum Gasteiger partial charge on any atom is 0.331 e. The van der Waals surface area contributed by atoms with Gasteiger partial charge in [0, 0.05) is 6.07 Å². The van der Waals surface area contributed by atoms with Gasteiger partial charge in [-0.2, -0.15) is 0 Å². The number of hydrogen-bond acceptors (Lipinski definition) is 6. The van der Waals surface area contributed by atoms with Gasteiger partial charge in [-0.05, 0) is 17.7 Å². The molecule has 1 atom stereocenters. The smallest absolute Gasteiger partial charge is 0.331 e. The molecule has 3 N–H and O–H groups in total. The average molecular weight is 362 g/mol. The second-order valence-corrected chi connectivity index (χ2v) is 7.29. The molecule has 1 saturated heterocycles. The summed E-state index contributed by atoms with van der Waals surface area (Å²) in [7, 11) is -4.24. The lowest BCUT2D eigenvalue weighted by Crippen LogP contribution is -2.34. The van der Waals surface area contributed by atoms with Crippen molar-refractivity contribution in [3.8, 4) is 0 Å². The lowest BCUT2D eigenvalue weighted by atomic mass is 10.1. The van der Waals surface area contributed by atoms with E-state index in [1.54, 1.807) is 24.3 Å². The number of nitro groups is 1. The average Bonchev–Trinajstić information content (AvgIpc) is 2.98. The first-order chi connectivity index (χ1) is 11.8. The normalized spacial score (nSPS) is 17.4. The predicted molar refractivity (Wildman–Crippen MR) is 89.1 cm³/mol. The van der Waals surface area contributed by atoms with Crippen molar-refractivity contribution in [3.63, 3.8) is 0 Å². The number of benzene rings is 2. The van der Waals surface area contributed by atoms with E-state index in [1.165, 1.54) is 0 Å². The van der Waals surface area contributed by atoms with E-state index in [2.05, 4.69) is 5.32 Å². The van der Waals surface area contributed by atoms with Crippen molar-refractivity contribution in [2.24, 2.45) is 0 Å². The standard InChI is InChI=1S/C15H14N4O5S/c16-12-7-6-11(8-14(12)19(21)22)25(23,24)18-9-13(17-15(18)20)10-4-2-1-3-5-10/h1-8,13H,9,16H2,(H,17,20)/t13-/m1/s1. The number of anilines is 1. The second kappa shape index (κ2) is 6.06. The van der Waals surface area contributed by atoms with Crippen molar-refractivity contribution in [2.45, 2.75) is 10.9 Å². The van der Waals surface area contributed by atoms with Gasteiger partial charge >= 0.3 is 6.03 Å². The molecular weight excluding hydrogens is 348 g/mol. The van der Waals surface area contributed by atoms with Gasteiger partial charge in [-0.1, -0.05) is 30.3 Å². The lowest BCUT2D eigenvalue weighted by molar-refractivity contribution is -0.384. The number of nitrogens with two attached hydrogens (primary N) is 1. The van der Waals surface area contributed by atoms with Crippen LogP contribution in [-0.2, 0) is 10.0 Å². The SMILES string of the molecule is Nc1ccc(S(=O)(=O)N2C[C@H](c3ccccc3)NC2=O)cc1[N+](=O)[O-].